The molecule has 2 nitrogen and oxygen atoms in total. The second-order valence-electron chi connectivity index (χ2n) is 3.14. The summed E-state index contributed by atoms with van der Waals surface area (Å²) in [5.74, 6) is 0. The predicted molar refractivity (Wildman–Crippen MR) is 65.8 cm³/mol. The molecule has 1 unspecified atom stereocenters. The highest BCUT2D eigenvalue weighted by Crippen LogP contribution is 2.14. The van der Waals surface area contributed by atoms with E-state index in [1.165, 1.54) is 9.13 Å². The highest BCUT2D eigenvalue weighted by atomic mass is 127. The largest absolute Gasteiger partial charge is 0.309 e. The molecule has 0 amide bonds. The molecule has 1 aromatic carbocycles. The van der Waals surface area contributed by atoms with Gasteiger partial charge in [-0.3, -0.25) is 0 Å². The van der Waals surface area contributed by atoms with E-state index in [-0.39, 0.29) is 0 Å². The first-order chi connectivity index (χ1) is 6.74. The number of halogens is 1. The van der Waals surface area contributed by atoms with E-state index in [1.54, 1.807) is 0 Å². The van der Waals surface area contributed by atoms with Crippen molar-refractivity contribution < 1.29 is 0 Å². The van der Waals surface area contributed by atoms with Crippen LogP contribution in [0.2, 0.25) is 0 Å². The molecular weight excluding hydrogens is 287 g/mol. The summed E-state index contributed by atoms with van der Waals surface area (Å²) in [6.07, 6.45) is 0.564. The van der Waals surface area contributed by atoms with Crippen molar-refractivity contribution in [1.29, 1.82) is 5.26 Å². The quantitative estimate of drug-likeness (QED) is 0.685. The van der Waals surface area contributed by atoms with Crippen molar-refractivity contribution in [2.75, 3.05) is 6.54 Å². The second-order valence-corrected chi connectivity index (χ2v) is 4.38. The minimum atomic E-state index is 0.320. The van der Waals surface area contributed by atoms with Crippen LogP contribution in [0, 0.1) is 14.9 Å². The molecule has 0 heterocycles. The molecule has 0 aromatic heterocycles. The minimum Gasteiger partial charge on any atom is -0.309 e. The summed E-state index contributed by atoms with van der Waals surface area (Å²) >= 11 is 2.29. The highest BCUT2D eigenvalue weighted by molar-refractivity contribution is 14.1. The molecule has 0 aliphatic carbocycles. The monoisotopic (exact) mass is 300 g/mol. The first kappa shape index (κ1) is 11.5. The Kier molecular flexibility index (Phi) is 4.91. The predicted octanol–water partition coefficient (Wildman–Crippen LogP) is 2.86. The third-order valence-corrected chi connectivity index (χ3v) is 2.78. The Bertz CT molecular complexity index is 313. The molecule has 0 bridgehead atoms. The Morgan fingerprint density at radius 1 is 1.43 bits per heavy atom. The fraction of sp³-hybridized carbons (Fsp3) is 0.364. The summed E-state index contributed by atoms with van der Waals surface area (Å²) in [5, 5.41) is 11.7. The summed E-state index contributed by atoms with van der Waals surface area (Å²) in [6.45, 7) is 2.86. The van der Waals surface area contributed by atoms with E-state index in [4.69, 9.17) is 5.26 Å². The molecule has 0 saturated heterocycles. The van der Waals surface area contributed by atoms with Crippen LogP contribution in [0.5, 0.6) is 0 Å². The average molecular weight is 300 g/mol. The number of rotatable bonds is 4. The van der Waals surface area contributed by atoms with Gasteiger partial charge >= 0.3 is 0 Å². The van der Waals surface area contributed by atoms with Crippen molar-refractivity contribution in [3.8, 4) is 6.07 Å². The maximum atomic E-state index is 8.40. The van der Waals surface area contributed by atoms with E-state index < -0.39 is 0 Å². The SMILES string of the molecule is CC(NCCC#N)c1ccc(I)cc1. The zero-order chi connectivity index (χ0) is 10.4. The molecule has 0 radical (unpaired) electrons. The Morgan fingerprint density at radius 3 is 2.64 bits per heavy atom. The van der Waals surface area contributed by atoms with Crippen molar-refractivity contribution in [3.05, 3.63) is 33.4 Å². The summed E-state index contributed by atoms with van der Waals surface area (Å²) in [6, 6.07) is 10.9. The van der Waals surface area contributed by atoms with E-state index >= 15 is 0 Å². The van der Waals surface area contributed by atoms with E-state index in [2.05, 4.69) is 65.2 Å². The molecule has 0 spiro atoms. The molecule has 1 atom stereocenters. The van der Waals surface area contributed by atoms with Crippen LogP contribution in [-0.2, 0) is 0 Å². The van der Waals surface area contributed by atoms with Gasteiger partial charge in [-0.2, -0.15) is 5.26 Å². The van der Waals surface area contributed by atoms with Crippen molar-refractivity contribution >= 4 is 22.6 Å². The van der Waals surface area contributed by atoms with Gasteiger partial charge in [0.05, 0.1) is 6.07 Å². The van der Waals surface area contributed by atoms with Gasteiger partial charge in [-0.15, -0.1) is 0 Å². The van der Waals surface area contributed by atoms with Crippen molar-refractivity contribution in [1.82, 2.24) is 5.32 Å². The standard InChI is InChI=1S/C11H13IN2/c1-9(14-8-2-7-13)10-3-5-11(12)6-4-10/h3-6,9,14H,2,8H2,1H3. The van der Waals surface area contributed by atoms with Gasteiger partial charge in [0.1, 0.15) is 0 Å². The first-order valence-corrected chi connectivity index (χ1v) is 5.67. The van der Waals surface area contributed by atoms with E-state index in [9.17, 15) is 0 Å². The summed E-state index contributed by atoms with van der Waals surface area (Å²) in [7, 11) is 0. The Hall–Kier alpha value is -0.600. The van der Waals surface area contributed by atoms with Gasteiger partial charge < -0.3 is 5.32 Å². The molecule has 3 heteroatoms. The Labute approximate surface area is 98.5 Å². The van der Waals surface area contributed by atoms with Crippen LogP contribution in [0.3, 0.4) is 0 Å². The summed E-state index contributed by atoms with van der Waals surface area (Å²) < 4.78 is 1.25. The highest BCUT2D eigenvalue weighted by Gasteiger charge is 2.02. The van der Waals surface area contributed by atoms with Crippen molar-refractivity contribution in [3.63, 3.8) is 0 Å². The third-order valence-electron chi connectivity index (χ3n) is 2.06. The van der Waals surface area contributed by atoms with E-state index in [1.807, 2.05) is 0 Å². The van der Waals surface area contributed by atoms with Gasteiger partial charge in [0, 0.05) is 22.6 Å². The van der Waals surface area contributed by atoms with Gasteiger partial charge in [-0.05, 0) is 47.2 Å². The molecule has 1 N–H and O–H groups in total. The number of nitrogens with zero attached hydrogens (tertiary/aromatic N) is 1. The minimum absolute atomic E-state index is 0.320. The lowest BCUT2D eigenvalue weighted by molar-refractivity contribution is 0.583. The lowest BCUT2D eigenvalue weighted by atomic mass is 10.1. The number of nitriles is 1. The van der Waals surface area contributed by atoms with Gasteiger partial charge in [0.2, 0.25) is 0 Å². The van der Waals surface area contributed by atoms with Gasteiger partial charge in [0.25, 0.3) is 0 Å². The van der Waals surface area contributed by atoms with E-state index in [0.29, 0.717) is 12.5 Å². The van der Waals surface area contributed by atoms with Gasteiger partial charge in [-0.25, -0.2) is 0 Å². The fourth-order valence-corrected chi connectivity index (χ4v) is 1.57. The maximum absolute atomic E-state index is 8.40. The molecular formula is C11H13IN2. The zero-order valence-corrected chi connectivity index (χ0v) is 10.3. The second kappa shape index (κ2) is 5.99. The lowest BCUT2D eigenvalue weighted by Crippen LogP contribution is -2.19. The normalized spacial score (nSPS) is 12.1. The Morgan fingerprint density at radius 2 is 2.07 bits per heavy atom. The number of hydrogen-bond donors (Lipinski definition) is 1. The summed E-state index contributed by atoms with van der Waals surface area (Å²) in [5.41, 5.74) is 1.27. The van der Waals surface area contributed by atoms with Crippen molar-refractivity contribution in [2.45, 2.75) is 19.4 Å². The molecule has 14 heavy (non-hydrogen) atoms. The van der Waals surface area contributed by atoms with Crippen LogP contribution in [0.4, 0.5) is 0 Å². The molecule has 0 saturated carbocycles. The van der Waals surface area contributed by atoms with Crippen LogP contribution in [0.25, 0.3) is 0 Å². The van der Waals surface area contributed by atoms with Crippen LogP contribution in [0.15, 0.2) is 24.3 Å². The van der Waals surface area contributed by atoms with E-state index in [0.717, 1.165) is 6.54 Å². The number of hydrogen-bond acceptors (Lipinski definition) is 2. The molecule has 0 aliphatic heterocycles. The first-order valence-electron chi connectivity index (χ1n) is 4.60. The smallest absolute Gasteiger partial charge is 0.0635 e. The topological polar surface area (TPSA) is 35.8 Å². The Balaban J connectivity index is 2.48. The number of benzene rings is 1. The fourth-order valence-electron chi connectivity index (χ4n) is 1.21. The van der Waals surface area contributed by atoms with Crippen LogP contribution >= 0.6 is 22.6 Å². The van der Waals surface area contributed by atoms with Gasteiger partial charge in [-0.1, -0.05) is 12.1 Å². The molecule has 74 valence electrons. The van der Waals surface area contributed by atoms with Crippen LogP contribution in [-0.4, -0.2) is 6.54 Å². The third kappa shape index (κ3) is 3.64. The molecule has 1 aromatic rings. The molecule has 1 rings (SSSR count). The van der Waals surface area contributed by atoms with Crippen LogP contribution in [0.1, 0.15) is 24.9 Å². The zero-order valence-electron chi connectivity index (χ0n) is 8.13. The number of nitrogens with one attached hydrogen (secondary N) is 1. The van der Waals surface area contributed by atoms with Gasteiger partial charge in [0.15, 0.2) is 0 Å². The molecule has 0 fully saturated rings. The lowest BCUT2D eigenvalue weighted by Gasteiger charge is -2.12. The van der Waals surface area contributed by atoms with Crippen molar-refractivity contribution in [2.24, 2.45) is 0 Å². The average Bonchev–Trinajstić information content (AvgIpc) is 2.19. The maximum Gasteiger partial charge on any atom is 0.0635 e. The molecule has 0 aliphatic rings. The summed E-state index contributed by atoms with van der Waals surface area (Å²) in [4.78, 5) is 0. The van der Waals surface area contributed by atoms with Crippen LogP contribution < -0.4 is 5.32 Å².